The maximum atomic E-state index is 9.68. The molecular weight excluding hydrogens is 526 g/mol. The summed E-state index contributed by atoms with van der Waals surface area (Å²) in [6, 6.07) is 13.3. The van der Waals surface area contributed by atoms with Crippen molar-refractivity contribution in [2.45, 2.75) is 51.5 Å². The van der Waals surface area contributed by atoms with Crippen LogP contribution < -0.4 is 14.5 Å². The monoisotopic (exact) mass is 559 g/mol. The first kappa shape index (κ1) is 25.6. The molecule has 10 heteroatoms. The first-order chi connectivity index (χ1) is 19.6. The molecule has 1 N–H and O–H groups in total. The van der Waals surface area contributed by atoms with E-state index in [1.54, 1.807) is 0 Å². The van der Waals surface area contributed by atoms with E-state index in [1.165, 1.54) is 12.0 Å². The molecule has 0 bridgehead atoms. The molecule has 0 aliphatic carbocycles. The van der Waals surface area contributed by atoms with Crippen LogP contribution in [-0.2, 0) is 32.7 Å². The molecule has 1 atom stereocenters. The van der Waals surface area contributed by atoms with Crippen molar-refractivity contribution in [1.82, 2.24) is 24.4 Å². The molecule has 3 aliphatic rings. The Morgan fingerprint density at radius 2 is 1.90 bits per heavy atom. The Labute approximate surface area is 239 Å². The summed E-state index contributed by atoms with van der Waals surface area (Å²) in [6.45, 7) is 5.38. The Morgan fingerprint density at radius 3 is 2.73 bits per heavy atom. The number of aliphatic hydroxyl groups is 1. The maximum Gasteiger partial charge on any atom is 0.318 e. The van der Waals surface area contributed by atoms with Crippen molar-refractivity contribution < 1.29 is 9.84 Å². The van der Waals surface area contributed by atoms with E-state index in [9.17, 15) is 5.11 Å². The van der Waals surface area contributed by atoms with Gasteiger partial charge in [0.2, 0.25) is 0 Å². The third-order valence-electron chi connectivity index (χ3n) is 8.68. The van der Waals surface area contributed by atoms with Crippen LogP contribution in [0.3, 0.4) is 0 Å². The SMILES string of the molecule is CN1CCC[C@H]1COc1nc2c(c(N3CCn4c(cnc4CO)C3)n1)CCN(c1cccc3cccc(Cl)c13)C2. The van der Waals surface area contributed by atoms with Crippen LogP contribution in [-0.4, -0.2) is 68.9 Å². The van der Waals surface area contributed by atoms with Crippen LogP contribution in [0, 0.1) is 0 Å². The van der Waals surface area contributed by atoms with Crippen molar-refractivity contribution in [3.63, 3.8) is 0 Å². The zero-order valence-electron chi connectivity index (χ0n) is 22.8. The number of likely N-dealkylation sites (tertiary alicyclic amines) is 1. The van der Waals surface area contributed by atoms with Crippen molar-refractivity contribution in [1.29, 1.82) is 0 Å². The fourth-order valence-corrected chi connectivity index (χ4v) is 6.75. The Kier molecular flexibility index (Phi) is 6.73. The van der Waals surface area contributed by atoms with Crippen molar-refractivity contribution in [3.05, 3.63) is 70.4 Å². The highest BCUT2D eigenvalue weighted by Gasteiger charge is 2.30. The quantitative estimate of drug-likeness (QED) is 0.379. The van der Waals surface area contributed by atoms with Crippen molar-refractivity contribution in [3.8, 4) is 6.01 Å². The number of ether oxygens (including phenoxy) is 1. The summed E-state index contributed by atoms with van der Waals surface area (Å²) >= 11 is 6.70. The maximum absolute atomic E-state index is 9.68. The molecule has 0 saturated carbocycles. The molecule has 1 fully saturated rings. The smallest absolute Gasteiger partial charge is 0.318 e. The predicted octanol–water partition coefficient (Wildman–Crippen LogP) is 4.03. The standard InChI is InChI=1S/C30H34ClN7O2/c1-35-11-4-7-21(35)19-40-30-33-25-17-36(26-9-3-6-20-5-2-8-24(31)28(20)26)12-10-23(25)29(34-30)37-13-14-38-22(16-37)15-32-27(38)18-39/h2-3,5-6,8-9,15,21,39H,4,7,10-14,16-19H2,1H3/t21-/m0/s1. The molecule has 3 aliphatic heterocycles. The van der Waals surface area contributed by atoms with Gasteiger partial charge in [-0.3, -0.25) is 0 Å². The molecule has 208 valence electrons. The van der Waals surface area contributed by atoms with Gasteiger partial charge in [0, 0.05) is 42.3 Å². The zero-order chi connectivity index (χ0) is 27.2. The van der Waals surface area contributed by atoms with Gasteiger partial charge in [0.25, 0.3) is 0 Å². The minimum absolute atomic E-state index is 0.0511. The molecule has 7 rings (SSSR count). The summed E-state index contributed by atoms with van der Waals surface area (Å²) in [7, 11) is 2.16. The van der Waals surface area contributed by atoms with Gasteiger partial charge in [0.05, 0.1) is 35.7 Å². The van der Waals surface area contributed by atoms with Crippen LogP contribution in [0.5, 0.6) is 6.01 Å². The first-order valence-corrected chi connectivity index (χ1v) is 14.5. The van der Waals surface area contributed by atoms with E-state index < -0.39 is 0 Å². The van der Waals surface area contributed by atoms with Gasteiger partial charge in [-0.25, -0.2) is 4.98 Å². The third kappa shape index (κ3) is 4.56. The second-order valence-corrected chi connectivity index (χ2v) is 11.4. The minimum atomic E-state index is -0.0511. The number of aromatic nitrogens is 4. The van der Waals surface area contributed by atoms with E-state index in [1.807, 2.05) is 18.3 Å². The second-order valence-electron chi connectivity index (χ2n) is 11.0. The summed E-state index contributed by atoms with van der Waals surface area (Å²) in [6.07, 6.45) is 5.02. The summed E-state index contributed by atoms with van der Waals surface area (Å²) < 4.78 is 8.41. The number of likely N-dealkylation sites (N-methyl/N-ethyl adjacent to an activating group) is 1. The summed E-state index contributed by atoms with van der Waals surface area (Å²) in [5, 5.41) is 12.7. The molecule has 0 amide bonds. The number of benzene rings is 2. The Morgan fingerprint density at radius 1 is 1.02 bits per heavy atom. The molecule has 2 aromatic carbocycles. The number of anilines is 2. The fraction of sp³-hybridized carbons (Fsp3) is 0.433. The number of nitrogens with zero attached hydrogens (tertiary/aromatic N) is 7. The van der Waals surface area contributed by atoms with Crippen LogP contribution in [0.15, 0.2) is 42.6 Å². The van der Waals surface area contributed by atoms with Gasteiger partial charge in [-0.05, 0) is 50.4 Å². The lowest BCUT2D eigenvalue weighted by Gasteiger charge is -2.36. The number of imidazole rings is 1. The summed E-state index contributed by atoms with van der Waals surface area (Å²) in [5.41, 5.74) is 4.40. The molecule has 0 unspecified atom stereocenters. The molecule has 0 radical (unpaired) electrons. The van der Waals surface area contributed by atoms with Gasteiger partial charge in [-0.15, -0.1) is 0 Å². The molecular formula is C30H34ClN7O2. The van der Waals surface area contributed by atoms with E-state index in [0.29, 0.717) is 37.6 Å². The van der Waals surface area contributed by atoms with Gasteiger partial charge in [0.15, 0.2) is 0 Å². The van der Waals surface area contributed by atoms with Gasteiger partial charge in [-0.1, -0.05) is 35.9 Å². The highest BCUT2D eigenvalue weighted by Crippen LogP contribution is 2.37. The van der Waals surface area contributed by atoms with Crippen LogP contribution >= 0.6 is 11.6 Å². The highest BCUT2D eigenvalue weighted by atomic mass is 35.5. The number of fused-ring (bicyclic) bond motifs is 3. The van der Waals surface area contributed by atoms with Gasteiger partial charge >= 0.3 is 6.01 Å². The molecule has 0 spiro atoms. The Balaban J connectivity index is 1.23. The number of halogens is 1. The van der Waals surface area contributed by atoms with Gasteiger partial charge < -0.3 is 29.1 Å². The fourth-order valence-electron chi connectivity index (χ4n) is 6.48. The Bertz CT molecular complexity index is 1550. The van der Waals surface area contributed by atoms with E-state index in [2.05, 4.69) is 55.6 Å². The van der Waals surface area contributed by atoms with Gasteiger partial charge in [-0.2, -0.15) is 9.97 Å². The third-order valence-corrected chi connectivity index (χ3v) is 8.99. The highest BCUT2D eigenvalue weighted by molar-refractivity contribution is 6.36. The summed E-state index contributed by atoms with van der Waals surface area (Å²) in [5.74, 6) is 1.67. The largest absolute Gasteiger partial charge is 0.462 e. The normalized spacial score (nSPS) is 19.2. The van der Waals surface area contributed by atoms with Crippen molar-refractivity contribution in [2.24, 2.45) is 0 Å². The van der Waals surface area contributed by atoms with Crippen molar-refractivity contribution >= 4 is 33.9 Å². The van der Waals surface area contributed by atoms with Crippen molar-refractivity contribution in [2.75, 3.05) is 43.1 Å². The summed E-state index contributed by atoms with van der Waals surface area (Å²) in [4.78, 5) is 21.5. The number of hydrogen-bond acceptors (Lipinski definition) is 8. The zero-order valence-corrected chi connectivity index (χ0v) is 23.5. The molecule has 4 aromatic rings. The molecule has 2 aromatic heterocycles. The first-order valence-electron chi connectivity index (χ1n) is 14.1. The minimum Gasteiger partial charge on any atom is -0.462 e. The van der Waals surface area contributed by atoms with E-state index in [4.69, 9.17) is 26.3 Å². The molecule has 9 nitrogen and oxygen atoms in total. The average Bonchev–Trinajstić information content (AvgIpc) is 3.60. The van der Waals surface area contributed by atoms with Crippen LogP contribution in [0.1, 0.15) is 35.6 Å². The van der Waals surface area contributed by atoms with Crippen LogP contribution in [0.4, 0.5) is 11.5 Å². The number of aliphatic hydroxyl groups excluding tert-OH is 1. The van der Waals surface area contributed by atoms with E-state index in [-0.39, 0.29) is 6.61 Å². The van der Waals surface area contributed by atoms with Crippen LogP contribution in [0.2, 0.25) is 5.02 Å². The average molecular weight is 560 g/mol. The lowest BCUT2D eigenvalue weighted by Crippen LogP contribution is -2.38. The molecule has 1 saturated heterocycles. The predicted molar refractivity (Wildman–Crippen MR) is 156 cm³/mol. The second kappa shape index (κ2) is 10.5. The van der Waals surface area contributed by atoms with E-state index >= 15 is 0 Å². The topological polar surface area (TPSA) is 82.8 Å². The lowest BCUT2D eigenvalue weighted by molar-refractivity contribution is 0.187. The van der Waals surface area contributed by atoms with Gasteiger partial charge in [0.1, 0.15) is 24.9 Å². The molecule has 5 heterocycles. The van der Waals surface area contributed by atoms with E-state index in [0.717, 1.165) is 77.7 Å². The number of hydrogen-bond donors (Lipinski definition) is 1. The number of rotatable bonds is 6. The van der Waals surface area contributed by atoms with Crippen LogP contribution in [0.25, 0.3) is 10.8 Å². The Hall–Kier alpha value is -3.40. The lowest BCUT2D eigenvalue weighted by atomic mass is 10.0. The molecule has 40 heavy (non-hydrogen) atoms.